The molecule has 0 amide bonds. The lowest BCUT2D eigenvalue weighted by Gasteiger charge is -2.14. The van der Waals surface area contributed by atoms with Gasteiger partial charge in [0, 0.05) is 28.1 Å². The number of nitrogens with zero attached hydrogens (tertiary/aromatic N) is 2. The van der Waals surface area contributed by atoms with Gasteiger partial charge in [0.05, 0.1) is 5.41 Å². The lowest BCUT2D eigenvalue weighted by atomic mass is 9.95. The molecule has 1 unspecified atom stereocenters. The molecule has 1 aromatic heterocycles. The van der Waals surface area contributed by atoms with Gasteiger partial charge in [0.2, 0.25) is 5.89 Å². The molecular formula is C15H17Cl2N3O. The summed E-state index contributed by atoms with van der Waals surface area (Å²) < 4.78 is 5.50. The first-order chi connectivity index (χ1) is 10.1. The quantitative estimate of drug-likeness (QED) is 0.912. The Morgan fingerprint density at radius 2 is 2.00 bits per heavy atom. The zero-order valence-electron chi connectivity index (χ0n) is 12.0. The van der Waals surface area contributed by atoms with Crippen LogP contribution in [0.2, 0.25) is 10.0 Å². The molecule has 1 N–H and O–H groups in total. The van der Waals surface area contributed by atoms with E-state index in [2.05, 4.69) is 22.4 Å². The summed E-state index contributed by atoms with van der Waals surface area (Å²) in [5, 5.41) is 8.56. The second-order valence-electron chi connectivity index (χ2n) is 5.59. The molecule has 1 saturated carbocycles. The molecule has 2 aromatic rings. The van der Waals surface area contributed by atoms with E-state index in [0.29, 0.717) is 27.8 Å². The highest BCUT2D eigenvalue weighted by Crippen LogP contribution is 2.56. The van der Waals surface area contributed by atoms with Crippen molar-refractivity contribution >= 4 is 23.2 Å². The lowest BCUT2D eigenvalue weighted by molar-refractivity contribution is 0.354. The summed E-state index contributed by atoms with van der Waals surface area (Å²) in [4.78, 5) is 4.56. The second-order valence-corrected chi connectivity index (χ2v) is 6.40. The Morgan fingerprint density at radius 3 is 2.57 bits per heavy atom. The van der Waals surface area contributed by atoms with E-state index in [1.54, 1.807) is 0 Å². The van der Waals surface area contributed by atoms with Gasteiger partial charge in [0.1, 0.15) is 0 Å². The number of rotatable bonds is 5. The Morgan fingerprint density at radius 1 is 1.33 bits per heavy atom. The van der Waals surface area contributed by atoms with Gasteiger partial charge in [-0.1, -0.05) is 34.4 Å². The summed E-state index contributed by atoms with van der Waals surface area (Å²) in [6, 6.07) is 5.85. The number of benzene rings is 1. The fourth-order valence-electron chi connectivity index (χ4n) is 2.56. The van der Waals surface area contributed by atoms with Crippen molar-refractivity contribution in [3.63, 3.8) is 0 Å². The van der Waals surface area contributed by atoms with Gasteiger partial charge >= 0.3 is 0 Å². The molecule has 1 atom stereocenters. The molecule has 0 saturated heterocycles. The number of nitrogens with one attached hydrogen (secondary N) is 1. The number of hydrogen-bond acceptors (Lipinski definition) is 4. The van der Waals surface area contributed by atoms with Gasteiger partial charge < -0.3 is 9.84 Å². The van der Waals surface area contributed by atoms with Crippen LogP contribution in [0.3, 0.4) is 0 Å². The average Bonchev–Trinajstić information content (AvgIpc) is 3.11. The molecule has 0 spiro atoms. The average molecular weight is 326 g/mol. The Hall–Kier alpha value is -1.10. The maximum absolute atomic E-state index is 6.33. The van der Waals surface area contributed by atoms with Gasteiger partial charge in [-0.2, -0.15) is 4.98 Å². The summed E-state index contributed by atoms with van der Waals surface area (Å²) in [5.41, 5.74) is 0.606. The largest absolute Gasteiger partial charge is 0.338 e. The molecule has 6 heteroatoms. The number of halogens is 2. The second kappa shape index (κ2) is 5.59. The maximum Gasteiger partial charge on any atom is 0.237 e. The van der Waals surface area contributed by atoms with Crippen molar-refractivity contribution in [3.05, 3.63) is 45.5 Å². The Bertz CT molecular complexity index is 632. The first-order valence-electron chi connectivity index (χ1n) is 7.01. The Balaban J connectivity index is 1.93. The van der Waals surface area contributed by atoms with Gasteiger partial charge in [-0.15, -0.1) is 0 Å². The van der Waals surface area contributed by atoms with Crippen LogP contribution in [0.5, 0.6) is 0 Å². The molecule has 21 heavy (non-hydrogen) atoms. The molecule has 1 aromatic carbocycles. The van der Waals surface area contributed by atoms with Crippen molar-refractivity contribution < 1.29 is 4.52 Å². The SMILES string of the molecule is CNC(C)Cc1noc(C2(c3c(Cl)cccc3Cl)CC2)n1. The van der Waals surface area contributed by atoms with E-state index < -0.39 is 0 Å². The van der Waals surface area contributed by atoms with E-state index in [1.807, 2.05) is 25.2 Å². The topological polar surface area (TPSA) is 51.0 Å². The predicted molar refractivity (Wildman–Crippen MR) is 83.0 cm³/mol. The third kappa shape index (κ3) is 2.68. The van der Waals surface area contributed by atoms with Gasteiger partial charge in [0.25, 0.3) is 0 Å². The zero-order chi connectivity index (χ0) is 15.0. The minimum absolute atomic E-state index is 0.300. The summed E-state index contributed by atoms with van der Waals surface area (Å²) in [6.07, 6.45) is 2.59. The van der Waals surface area contributed by atoms with E-state index in [9.17, 15) is 0 Å². The summed E-state index contributed by atoms with van der Waals surface area (Å²) >= 11 is 12.7. The summed E-state index contributed by atoms with van der Waals surface area (Å²) in [7, 11) is 1.91. The fourth-order valence-corrected chi connectivity index (χ4v) is 3.32. The fraction of sp³-hybridized carbons (Fsp3) is 0.467. The molecular weight excluding hydrogens is 309 g/mol. The molecule has 1 aliphatic carbocycles. The number of aromatic nitrogens is 2. The van der Waals surface area contributed by atoms with Crippen LogP contribution in [0.15, 0.2) is 22.7 Å². The van der Waals surface area contributed by atoms with Crippen LogP contribution in [0.4, 0.5) is 0 Å². The van der Waals surface area contributed by atoms with E-state index >= 15 is 0 Å². The zero-order valence-corrected chi connectivity index (χ0v) is 13.5. The first kappa shape index (κ1) is 14.8. The summed E-state index contributed by atoms with van der Waals surface area (Å²) in [5.74, 6) is 1.33. The molecule has 0 aliphatic heterocycles. The van der Waals surface area contributed by atoms with Crippen LogP contribution >= 0.6 is 23.2 Å². The van der Waals surface area contributed by atoms with E-state index in [-0.39, 0.29) is 5.41 Å². The molecule has 4 nitrogen and oxygen atoms in total. The van der Waals surface area contributed by atoms with Gasteiger partial charge in [-0.3, -0.25) is 0 Å². The van der Waals surface area contributed by atoms with Crippen LogP contribution in [-0.4, -0.2) is 23.2 Å². The lowest BCUT2D eigenvalue weighted by Crippen LogP contribution is -2.24. The third-order valence-electron chi connectivity index (χ3n) is 4.05. The van der Waals surface area contributed by atoms with Gasteiger partial charge in [-0.25, -0.2) is 0 Å². The Labute approximate surface area is 133 Å². The van der Waals surface area contributed by atoms with Crippen LogP contribution in [0.25, 0.3) is 0 Å². The van der Waals surface area contributed by atoms with Crippen molar-refractivity contribution in [3.8, 4) is 0 Å². The number of hydrogen-bond donors (Lipinski definition) is 1. The van der Waals surface area contributed by atoms with Gasteiger partial charge in [0.15, 0.2) is 5.82 Å². The highest BCUT2D eigenvalue weighted by Gasteiger charge is 2.53. The molecule has 3 rings (SSSR count). The first-order valence-corrected chi connectivity index (χ1v) is 7.77. The molecule has 0 radical (unpaired) electrons. The molecule has 1 heterocycles. The van der Waals surface area contributed by atoms with Gasteiger partial charge in [-0.05, 0) is 38.9 Å². The van der Waals surface area contributed by atoms with E-state index in [0.717, 1.165) is 24.8 Å². The molecule has 0 bridgehead atoms. The number of likely N-dealkylation sites (N-methyl/N-ethyl adjacent to an activating group) is 1. The molecule has 1 fully saturated rings. The normalized spacial score (nSPS) is 17.7. The molecule has 1 aliphatic rings. The van der Waals surface area contributed by atoms with Crippen molar-refractivity contribution in [1.29, 1.82) is 0 Å². The van der Waals surface area contributed by atoms with Crippen molar-refractivity contribution in [2.75, 3.05) is 7.05 Å². The van der Waals surface area contributed by atoms with Crippen molar-refractivity contribution in [1.82, 2.24) is 15.5 Å². The standard InChI is InChI=1S/C15H17Cl2N3O/c1-9(18-2)8-12-19-14(21-20-12)15(6-7-15)13-10(16)4-3-5-11(13)17/h3-5,9,18H,6-8H2,1-2H3. The smallest absolute Gasteiger partial charge is 0.237 e. The minimum atomic E-state index is -0.302. The minimum Gasteiger partial charge on any atom is -0.338 e. The van der Waals surface area contributed by atoms with Crippen LogP contribution in [-0.2, 0) is 11.8 Å². The van der Waals surface area contributed by atoms with Crippen molar-refractivity contribution in [2.45, 2.75) is 37.6 Å². The predicted octanol–water partition coefficient (Wildman–Crippen LogP) is 3.61. The monoisotopic (exact) mass is 325 g/mol. The van der Waals surface area contributed by atoms with Crippen LogP contribution < -0.4 is 5.32 Å². The third-order valence-corrected chi connectivity index (χ3v) is 4.68. The molecule has 112 valence electrons. The van der Waals surface area contributed by atoms with E-state index in [4.69, 9.17) is 27.7 Å². The van der Waals surface area contributed by atoms with Crippen LogP contribution in [0, 0.1) is 0 Å². The highest BCUT2D eigenvalue weighted by atomic mass is 35.5. The highest BCUT2D eigenvalue weighted by molar-refractivity contribution is 6.36. The van der Waals surface area contributed by atoms with E-state index in [1.165, 1.54) is 0 Å². The van der Waals surface area contributed by atoms with Crippen molar-refractivity contribution in [2.24, 2.45) is 0 Å². The summed E-state index contributed by atoms with van der Waals surface area (Å²) in [6.45, 7) is 2.08. The van der Waals surface area contributed by atoms with Crippen LogP contribution in [0.1, 0.15) is 37.0 Å². The maximum atomic E-state index is 6.33. The Kier molecular flexibility index (Phi) is 3.95.